The summed E-state index contributed by atoms with van der Waals surface area (Å²) in [5, 5.41) is 3.87. The molecule has 1 heterocycles. The molecule has 1 N–H and O–H groups in total. The summed E-state index contributed by atoms with van der Waals surface area (Å²) in [6.07, 6.45) is 5.21. The molecule has 1 aliphatic heterocycles. The van der Waals surface area contributed by atoms with Crippen LogP contribution in [0.4, 0.5) is 0 Å². The van der Waals surface area contributed by atoms with Crippen molar-refractivity contribution in [2.45, 2.75) is 31.8 Å². The van der Waals surface area contributed by atoms with Crippen molar-refractivity contribution in [2.75, 3.05) is 19.7 Å². The van der Waals surface area contributed by atoms with Gasteiger partial charge in [-0.1, -0.05) is 23.2 Å². The number of hydrogen-bond acceptors (Lipinski definition) is 2. The van der Waals surface area contributed by atoms with Gasteiger partial charge in [0, 0.05) is 23.7 Å². The van der Waals surface area contributed by atoms with Crippen LogP contribution in [0.3, 0.4) is 0 Å². The number of nitrogens with one attached hydrogen (secondary N) is 1. The predicted molar refractivity (Wildman–Crippen MR) is 60.9 cm³/mol. The molecule has 0 bridgehead atoms. The molecule has 14 heavy (non-hydrogen) atoms. The smallest absolute Gasteiger partial charge is 0.0587 e. The van der Waals surface area contributed by atoms with Crippen molar-refractivity contribution in [3.8, 4) is 0 Å². The molecule has 0 saturated carbocycles. The van der Waals surface area contributed by atoms with Crippen LogP contribution in [0, 0.1) is 0 Å². The van der Waals surface area contributed by atoms with Gasteiger partial charge in [-0.25, -0.2) is 0 Å². The number of hydrogen-bond donors (Lipinski definition) is 1. The van der Waals surface area contributed by atoms with Gasteiger partial charge in [-0.15, -0.1) is 0 Å². The van der Waals surface area contributed by atoms with Crippen molar-refractivity contribution in [3.05, 3.63) is 10.6 Å². The molecular formula is C10H17Cl2NO. The van der Waals surface area contributed by atoms with E-state index in [1.807, 2.05) is 0 Å². The molecular weight excluding hydrogens is 221 g/mol. The summed E-state index contributed by atoms with van der Waals surface area (Å²) in [5.41, 5.74) is 1.39. The minimum atomic E-state index is 0.440. The molecule has 1 rings (SSSR count). The fourth-order valence-electron chi connectivity index (χ4n) is 1.54. The van der Waals surface area contributed by atoms with E-state index in [0.717, 1.165) is 19.6 Å². The van der Waals surface area contributed by atoms with Gasteiger partial charge in [-0.05, 0) is 32.2 Å². The Bertz CT molecular complexity index is 179. The van der Waals surface area contributed by atoms with E-state index in [2.05, 4.69) is 5.32 Å². The highest BCUT2D eigenvalue weighted by molar-refractivity contribution is 6.36. The SMILES string of the molecule is Cl/C=C(/Cl)CNCCC1CCCCO1. The second kappa shape index (κ2) is 7.52. The van der Waals surface area contributed by atoms with Crippen molar-refractivity contribution in [1.29, 1.82) is 0 Å². The Morgan fingerprint density at radius 1 is 1.50 bits per heavy atom. The van der Waals surface area contributed by atoms with Crippen LogP contribution in [0.25, 0.3) is 0 Å². The highest BCUT2D eigenvalue weighted by Gasteiger charge is 2.12. The summed E-state index contributed by atoms with van der Waals surface area (Å²) < 4.78 is 5.60. The van der Waals surface area contributed by atoms with Crippen molar-refractivity contribution in [3.63, 3.8) is 0 Å². The second-order valence-electron chi connectivity index (χ2n) is 3.51. The van der Waals surface area contributed by atoms with Crippen LogP contribution in [-0.4, -0.2) is 25.8 Å². The average Bonchev–Trinajstić information content (AvgIpc) is 2.25. The highest BCUT2D eigenvalue weighted by Crippen LogP contribution is 2.14. The lowest BCUT2D eigenvalue weighted by Gasteiger charge is -2.22. The first kappa shape index (κ1) is 12.3. The molecule has 2 nitrogen and oxygen atoms in total. The predicted octanol–water partition coefficient (Wildman–Crippen LogP) is 2.85. The summed E-state index contributed by atoms with van der Waals surface area (Å²) in [7, 11) is 0. The lowest BCUT2D eigenvalue weighted by atomic mass is 10.1. The van der Waals surface area contributed by atoms with Crippen LogP contribution in [0.2, 0.25) is 0 Å². The Labute approximate surface area is 95.6 Å². The first-order chi connectivity index (χ1) is 6.83. The molecule has 0 aliphatic carbocycles. The monoisotopic (exact) mass is 237 g/mol. The first-order valence-corrected chi connectivity index (χ1v) is 5.91. The minimum Gasteiger partial charge on any atom is -0.378 e. The highest BCUT2D eigenvalue weighted by atomic mass is 35.5. The van der Waals surface area contributed by atoms with Gasteiger partial charge in [0.05, 0.1) is 6.10 Å². The molecule has 82 valence electrons. The third kappa shape index (κ3) is 5.20. The van der Waals surface area contributed by atoms with Crippen LogP contribution in [-0.2, 0) is 4.74 Å². The third-order valence-electron chi connectivity index (χ3n) is 2.33. The van der Waals surface area contributed by atoms with Crippen molar-refractivity contribution in [1.82, 2.24) is 5.32 Å². The van der Waals surface area contributed by atoms with Crippen LogP contribution >= 0.6 is 23.2 Å². The summed E-state index contributed by atoms with van der Waals surface area (Å²) in [5.74, 6) is 0. The lowest BCUT2D eigenvalue weighted by molar-refractivity contribution is 0.0117. The summed E-state index contributed by atoms with van der Waals surface area (Å²) in [4.78, 5) is 0. The maximum atomic E-state index is 5.72. The van der Waals surface area contributed by atoms with Crippen molar-refractivity contribution in [2.24, 2.45) is 0 Å². The van der Waals surface area contributed by atoms with Crippen molar-refractivity contribution < 1.29 is 4.74 Å². The van der Waals surface area contributed by atoms with Crippen molar-refractivity contribution >= 4 is 23.2 Å². The molecule has 1 unspecified atom stereocenters. The van der Waals surface area contributed by atoms with Crippen LogP contribution in [0.15, 0.2) is 10.6 Å². The molecule has 0 aromatic heterocycles. The van der Waals surface area contributed by atoms with Crippen LogP contribution in [0.1, 0.15) is 25.7 Å². The fraction of sp³-hybridized carbons (Fsp3) is 0.800. The zero-order valence-corrected chi connectivity index (χ0v) is 9.78. The maximum Gasteiger partial charge on any atom is 0.0587 e. The summed E-state index contributed by atoms with van der Waals surface area (Å²) in [6.45, 7) is 2.51. The Balaban J connectivity index is 1.97. The van der Waals surface area contributed by atoms with E-state index >= 15 is 0 Å². The number of ether oxygens (including phenoxy) is 1. The number of rotatable bonds is 5. The van der Waals surface area contributed by atoms with Crippen LogP contribution < -0.4 is 5.32 Å². The van der Waals surface area contributed by atoms with E-state index in [0.29, 0.717) is 17.7 Å². The summed E-state index contributed by atoms with van der Waals surface area (Å²) in [6, 6.07) is 0. The largest absolute Gasteiger partial charge is 0.378 e. The molecule has 0 aromatic carbocycles. The van der Waals surface area contributed by atoms with Gasteiger partial charge in [-0.3, -0.25) is 0 Å². The van der Waals surface area contributed by atoms with Gasteiger partial charge in [0.25, 0.3) is 0 Å². The van der Waals surface area contributed by atoms with Gasteiger partial charge in [-0.2, -0.15) is 0 Å². The fourth-order valence-corrected chi connectivity index (χ4v) is 1.72. The Hall–Kier alpha value is 0.240. The standard InChI is InChI=1S/C10H17Cl2NO/c11-7-9(12)8-13-5-4-10-3-1-2-6-14-10/h7,10,13H,1-6,8H2/b9-7+. The molecule has 1 atom stereocenters. The molecule has 0 aromatic rings. The zero-order chi connectivity index (χ0) is 10.2. The molecule has 1 fully saturated rings. The van der Waals surface area contributed by atoms with E-state index in [-0.39, 0.29) is 0 Å². The molecule has 1 aliphatic rings. The Morgan fingerprint density at radius 3 is 3.00 bits per heavy atom. The van der Waals surface area contributed by atoms with Gasteiger partial charge in [0.15, 0.2) is 0 Å². The van der Waals surface area contributed by atoms with E-state index in [9.17, 15) is 0 Å². The Kier molecular flexibility index (Phi) is 6.61. The molecule has 0 amide bonds. The third-order valence-corrected chi connectivity index (χ3v) is 2.95. The van der Waals surface area contributed by atoms with E-state index in [1.54, 1.807) is 0 Å². The number of halogens is 2. The van der Waals surface area contributed by atoms with Crippen LogP contribution in [0.5, 0.6) is 0 Å². The second-order valence-corrected chi connectivity index (χ2v) is 4.21. The average molecular weight is 238 g/mol. The quantitative estimate of drug-likeness (QED) is 0.743. The van der Waals surface area contributed by atoms with E-state index < -0.39 is 0 Å². The van der Waals surface area contributed by atoms with Gasteiger partial charge < -0.3 is 10.1 Å². The topological polar surface area (TPSA) is 21.3 Å². The first-order valence-electron chi connectivity index (χ1n) is 5.10. The summed E-state index contributed by atoms with van der Waals surface area (Å²) >= 11 is 11.1. The normalized spacial score (nSPS) is 23.9. The van der Waals surface area contributed by atoms with E-state index in [1.165, 1.54) is 24.8 Å². The Morgan fingerprint density at radius 2 is 2.36 bits per heavy atom. The lowest BCUT2D eigenvalue weighted by Crippen LogP contribution is -2.25. The maximum absolute atomic E-state index is 5.72. The molecule has 4 heteroatoms. The molecule has 0 radical (unpaired) electrons. The van der Waals surface area contributed by atoms with Gasteiger partial charge in [0.1, 0.15) is 0 Å². The van der Waals surface area contributed by atoms with Gasteiger partial charge in [0.2, 0.25) is 0 Å². The van der Waals surface area contributed by atoms with E-state index in [4.69, 9.17) is 27.9 Å². The molecule has 1 saturated heterocycles. The molecule has 0 spiro atoms. The van der Waals surface area contributed by atoms with Gasteiger partial charge >= 0.3 is 0 Å². The zero-order valence-electron chi connectivity index (χ0n) is 8.27. The minimum absolute atomic E-state index is 0.440.